The number of nitrogens with zero attached hydrogens (tertiary/aromatic N) is 2. The second-order valence-corrected chi connectivity index (χ2v) is 10.5. The maximum absolute atomic E-state index is 3.95. The van der Waals surface area contributed by atoms with Crippen LogP contribution in [0.1, 0.15) is 46.4 Å². The standard InChI is InChI=1S/C34H40N4/c1-37-25-32(28-17-9-4-10-18-28)35-23-31(27-15-7-3-8-16-27)36-24-33(29-19-11-5-12-20-29)38(2)26-34(37)30-21-13-6-14-22-30/h3-22,31-36H,23-26H2,1-2H3. The van der Waals surface area contributed by atoms with Crippen molar-refractivity contribution in [3.8, 4) is 0 Å². The van der Waals surface area contributed by atoms with E-state index < -0.39 is 0 Å². The predicted octanol–water partition coefficient (Wildman–Crippen LogP) is 6.01. The van der Waals surface area contributed by atoms with Gasteiger partial charge in [-0.3, -0.25) is 9.80 Å². The van der Waals surface area contributed by atoms with Crippen LogP contribution in [0.5, 0.6) is 0 Å². The van der Waals surface area contributed by atoms with Crippen LogP contribution >= 0.6 is 0 Å². The molecule has 0 bridgehead atoms. The summed E-state index contributed by atoms with van der Waals surface area (Å²) in [6.45, 7) is 3.55. The highest BCUT2D eigenvalue weighted by atomic mass is 15.2. The van der Waals surface area contributed by atoms with Crippen molar-refractivity contribution < 1.29 is 0 Å². The van der Waals surface area contributed by atoms with E-state index in [2.05, 4.69) is 156 Å². The average molecular weight is 505 g/mol. The Labute approximate surface area is 228 Å². The van der Waals surface area contributed by atoms with Gasteiger partial charge in [-0.25, -0.2) is 0 Å². The van der Waals surface area contributed by atoms with Crippen LogP contribution in [0.25, 0.3) is 0 Å². The van der Waals surface area contributed by atoms with Crippen LogP contribution in [-0.2, 0) is 0 Å². The van der Waals surface area contributed by atoms with E-state index >= 15 is 0 Å². The maximum Gasteiger partial charge on any atom is 0.0473 e. The first-order valence-electron chi connectivity index (χ1n) is 13.8. The Balaban J connectivity index is 1.51. The van der Waals surface area contributed by atoms with Gasteiger partial charge in [-0.15, -0.1) is 0 Å². The van der Waals surface area contributed by atoms with Crippen molar-refractivity contribution in [1.82, 2.24) is 20.4 Å². The van der Waals surface area contributed by atoms with Gasteiger partial charge in [0.15, 0.2) is 0 Å². The van der Waals surface area contributed by atoms with E-state index in [1.54, 1.807) is 0 Å². The van der Waals surface area contributed by atoms with Gasteiger partial charge in [0.2, 0.25) is 0 Å². The molecule has 5 rings (SSSR count). The molecule has 1 aliphatic heterocycles. The number of rotatable bonds is 4. The smallest absolute Gasteiger partial charge is 0.0473 e. The zero-order valence-electron chi connectivity index (χ0n) is 22.6. The Bertz CT molecular complexity index is 1220. The molecule has 1 heterocycles. The van der Waals surface area contributed by atoms with Crippen molar-refractivity contribution >= 4 is 0 Å². The molecular weight excluding hydrogens is 464 g/mol. The molecule has 0 radical (unpaired) electrons. The van der Waals surface area contributed by atoms with Crippen LogP contribution in [0, 0.1) is 0 Å². The lowest BCUT2D eigenvalue weighted by atomic mass is 9.98. The Morgan fingerprint density at radius 3 is 1.37 bits per heavy atom. The highest BCUT2D eigenvalue weighted by molar-refractivity contribution is 5.25. The van der Waals surface area contributed by atoms with Gasteiger partial charge in [0.1, 0.15) is 0 Å². The largest absolute Gasteiger partial charge is 0.307 e. The molecule has 1 aliphatic rings. The first-order valence-corrected chi connectivity index (χ1v) is 13.8. The topological polar surface area (TPSA) is 30.5 Å². The molecule has 0 aromatic heterocycles. The lowest BCUT2D eigenvalue weighted by molar-refractivity contribution is 0.132. The number of nitrogens with one attached hydrogen (secondary N) is 2. The molecule has 0 amide bonds. The van der Waals surface area contributed by atoms with Crippen LogP contribution in [0.15, 0.2) is 121 Å². The molecule has 4 heteroatoms. The summed E-state index contributed by atoms with van der Waals surface area (Å²) in [6.07, 6.45) is 0. The second kappa shape index (κ2) is 13.0. The van der Waals surface area contributed by atoms with Crippen LogP contribution in [-0.4, -0.2) is 50.1 Å². The average Bonchev–Trinajstić information content (AvgIpc) is 2.98. The summed E-state index contributed by atoms with van der Waals surface area (Å²) < 4.78 is 0. The normalized spacial score (nSPS) is 24.3. The quantitative estimate of drug-likeness (QED) is 0.356. The van der Waals surface area contributed by atoms with Gasteiger partial charge in [0.25, 0.3) is 0 Å². The van der Waals surface area contributed by atoms with Gasteiger partial charge in [0, 0.05) is 50.3 Å². The summed E-state index contributed by atoms with van der Waals surface area (Å²) in [5, 5.41) is 7.91. The maximum atomic E-state index is 3.95. The Kier molecular flexibility index (Phi) is 9.00. The van der Waals surface area contributed by atoms with Crippen molar-refractivity contribution in [1.29, 1.82) is 0 Å². The van der Waals surface area contributed by atoms with Gasteiger partial charge in [-0.05, 0) is 36.3 Å². The van der Waals surface area contributed by atoms with E-state index in [9.17, 15) is 0 Å². The Morgan fingerprint density at radius 1 is 0.447 bits per heavy atom. The summed E-state index contributed by atoms with van der Waals surface area (Å²) in [4.78, 5) is 5.07. The molecule has 1 saturated heterocycles. The van der Waals surface area contributed by atoms with Crippen LogP contribution in [0.4, 0.5) is 0 Å². The van der Waals surface area contributed by atoms with E-state index in [1.807, 2.05) is 0 Å². The molecular formula is C34H40N4. The van der Waals surface area contributed by atoms with E-state index in [0.717, 1.165) is 26.2 Å². The third-order valence-corrected chi connectivity index (χ3v) is 7.89. The lowest BCUT2D eigenvalue weighted by Crippen LogP contribution is -2.46. The van der Waals surface area contributed by atoms with Crippen LogP contribution in [0.3, 0.4) is 0 Å². The molecule has 4 aromatic carbocycles. The molecule has 4 aromatic rings. The van der Waals surface area contributed by atoms with Crippen molar-refractivity contribution in [3.05, 3.63) is 144 Å². The second-order valence-electron chi connectivity index (χ2n) is 10.5. The number of likely N-dealkylation sites (N-methyl/N-ethyl adjacent to an activating group) is 2. The number of hydrogen-bond acceptors (Lipinski definition) is 4. The first-order chi connectivity index (χ1) is 18.7. The summed E-state index contributed by atoms with van der Waals surface area (Å²) in [7, 11) is 4.55. The Morgan fingerprint density at radius 2 is 0.842 bits per heavy atom. The molecule has 2 N–H and O–H groups in total. The molecule has 0 spiro atoms. The van der Waals surface area contributed by atoms with E-state index in [1.165, 1.54) is 22.3 Å². The zero-order valence-corrected chi connectivity index (χ0v) is 22.6. The zero-order chi connectivity index (χ0) is 26.2. The SMILES string of the molecule is CN1CC(c2ccccc2)NCC(c2ccccc2)NCC(c2ccccc2)N(C)CC1c1ccccc1. The third kappa shape index (κ3) is 6.58. The predicted molar refractivity (Wildman–Crippen MR) is 158 cm³/mol. The third-order valence-electron chi connectivity index (χ3n) is 7.89. The Hall–Kier alpha value is -3.28. The summed E-state index contributed by atoms with van der Waals surface area (Å²) in [5.74, 6) is 0. The molecule has 0 aliphatic carbocycles. The summed E-state index contributed by atoms with van der Waals surface area (Å²) in [5.41, 5.74) is 5.34. The van der Waals surface area contributed by atoms with Gasteiger partial charge in [0.05, 0.1) is 0 Å². The monoisotopic (exact) mass is 504 g/mol. The van der Waals surface area contributed by atoms with Crippen molar-refractivity contribution in [2.24, 2.45) is 0 Å². The highest BCUT2D eigenvalue weighted by Crippen LogP contribution is 2.29. The van der Waals surface area contributed by atoms with Crippen molar-refractivity contribution in [2.75, 3.05) is 40.3 Å². The minimum Gasteiger partial charge on any atom is -0.307 e. The minimum atomic E-state index is 0.205. The van der Waals surface area contributed by atoms with Crippen molar-refractivity contribution in [3.63, 3.8) is 0 Å². The van der Waals surface area contributed by atoms with E-state index in [-0.39, 0.29) is 24.2 Å². The molecule has 4 unspecified atom stereocenters. The highest BCUT2D eigenvalue weighted by Gasteiger charge is 2.28. The number of benzene rings is 4. The fourth-order valence-corrected chi connectivity index (χ4v) is 5.67. The first kappa shape index (κ1) is 26.3. The molecule has 4 nitrogen and oxygen atoms in total. The van der Waals surface area contributed by atoms with Crippen LogP contribution in [0.2, 0.25) is 0 Å². The summed E-state index contributed by atoms with van der Waals surface area (Å²) in [6, 6.07) is 44.6. The summed E-state index contributed by atoms with van der Waals surface area (Å²) >= 11 is 0. The van der Waals surface area contributed by atoms with E-state index in [0.29, 0.717) is 0 Å². The van der Waals surface area contributed by atoms with Gasteiger partial charge < -0.3 is 10.6 Å². The molecule has 4 atom stereocenters. The minimum absolute atomic E-state index is 0.205. The number of hydrogen-bond donors (Lipinski definition) is 2. The lowest BCUT2D eigenvalue weighted by Gasteiger charge is -2.39. The van der Waals surface area contributed by atoms with Crippen LogP contribution < -0.4 is 10.6 Å². The van der Waals surface area contributed by atoms with E-state index in [4.69, 9.17) is 0 Å². The van der Waals surface area contributed by atoms with Gasteiger partial charge in [-0.1, -0.05) is 121 Å². The fraction of sp³-hybridized carbons (Fsp3) is 0.294. The van der Waals surface area contributed by atoms with Crippen molar-refractivity contribution in [2.45, 2.75) is 24.2 Å². The van der Waals surface area contributed by atoms with Gasteiger partial charge in [-0.2, -0.15) is 0 Å². The molecule has 196 valence electrons. The van der Waals surface area contributed by atoms with Gasteiger partial charge >= 0.3 is 0 Å². The molecule has 1 fully saturated rings. The molecule has 38 heavy (non-hydrogen) atoms. The molecule has 0 saturated carbocycles. The fourth-order valence-electron chi connectivity index (χ4n) is 5.67.